The minimum absolute atomic E-state index is 0.554. The van der Waals surface area contributed by atoms with Gasteiger partial charge in [-0.25, -0.2) is 0 Å². The molecule has 0 spiro atoms. The topological polar surface area (TPSA) is 17.1 Å². The van der Waals surface area contributed by atoms with Crippen LogP contribution >= 0.6 is 0 Å². The Kier molecular flexibility index (Phi) is 2.72. The quantitative estimate of drug-likeness (QED) is 0.529. The molecule has 0 unspecified atom stereocenters. The van der Waals surface area contributed by atoms with Crippen molar-refractivity contribution in [2.45, 2.75) is 26.2 Å². The van der Waals surface area contributed by atoms with Gasteiger partial charge in [0.05, 0.1) is 0 Å². The second-order valence-electron chi connectivity index (χ2n) is 4.39. The van der Waals surface area contributed by atoms with Gasteiger partial charge in [0.1, 0.15) is 6.29 Å². The average Bonchev–Trinajstić information content (AvgIpc) is 2.27. The van der Waals surface area contributed by atoms with E-state index in [9.17, 15) is 4.79 Å². The SMILES string of the molecule is C=C(C)[C@@H]1CCc2cccc(C=O)c2C1. The lowest BCUT2D eigenvalue weighted by molar-refractivity contribution is 0.112. The van der Waals surface area contributed by atoms with Crippen LogP contribution in [0.15, 0.2) is 30.4 Å². The number of benzene rings is 1. The molecule has 1 aromatic carbocycles. The number of aldehydes is 1. The Labute approximate surface area is 90.8 Å². The van der Waals surface area contributed by atoms with E-state index in [1.165, 1.54) is 23.1 Å². The van der Waals surface area contributed by atoms with E-state index in [4.69, 9.17) is 0 Å². The second-order valence-corrected chi connectivity index (χ2v) is 4.39. The van der Waals surface area contributed by atoms with Crippen LogP contribution in [0.25, 0.3) is 0 Å². The highest BCUT2D eigenvalue weighted by molar-refractivity contribution is 5.78. The van der Waals surface area contributed by atoms with E-state index in [0.29, 0.717) is 5.92 Å². The fraction of sp³-hybridized carbons (Fsp3) is 0.357. The van der Waals surface area contributed by atoms with Crippen LogP contribution in [0, 0.1) is 5.92 Å². The lowest BCUT2D eigenvalue weighted by atomic mass is 9.79. The first-order valence-electron chi connectivity index (χ1n) is 5.43. The summed E-state index contributed by atoms with van der Waals surface area (Å²) in [5.74, 6) is 0.554. The van der Waals surface area contributed by atoms with Gasteiger partial charge < -0.3 is 0 Å². The van der Waals surface area contributed by atoms with Crippen LogP contribution in [-0.4, -0.2) is 6.29 Å². The molecule has 0 saturated heterocycles. The molecule has 1 atom stereocenters. The molecule has 0 fully saturated rings. The van der Waals surface area contributed by atoms with Crippen molar-refractivity contribution in [3.8, 4) is 0 Å². The van der Waals surface area contributed by atoms with Gasteiger partial charge in [-0.05, 0) is 43.2 Å². The van der Waals surface area contributed by atoms with Crippen LogP contribution in [0.4, 0.5) is 0 Å². The summed E-state index contributed by atoms with van der Waals surface area (Å²) in [6.07, 6.45) is 4.21. The summed E-state index contributed by atoms with van der Waals surface area (Å²) in [7, 11) is 0. The Morgan fingerprint density at radius 2 is 2.33 bits per heavy atom. The molecule has 0 saturated carbocycles. The summed E-state index contributed by atoms with van der Waals surface area (Å²) in [4.78, 5) is 10.9. The van der Waals surface area contributed by atoms with E-state index in [-0.39, 0.29) is 0 Å². The van der Waals surface area contributed by atoms with Gasteiger partial charge in [-0.15, -0.1) is 0 Å². The third kappa shape index (κ3) is 1.87. The van der Waals surface area contributed by atoms with Gasteiger partial charge in [0.25, 0.3) is 0 Å². The molecule has 0 radical (unpaired) electrons. The summed E-state index contributed by atoms with van der Waals surface area (Å²) in [5, 5.41) is 0. The molecule has 1 nitrogen and oxygen atoms in total. The van der Waals surface area contributed by atoms with Gasteiger partial charge in [-0.1, -0.05) is 30.4 Å². The molecule has 0 heterocycles. The van der Waals surface area contributed by atoms with Crippen molar-refractivity contribution in [2.75, 3.05) is 0 Å². The van der Waals surface area contributed by atoms with Crippen LogP contribution in [0.1, 0.15) is 34.8 Å². The van der Waals surface area contributed by atoms with Crippen molar-refractivity contribution in [1.29, 1.82) is 0 Å². The zero-order valence-electron chi connectivity index (χ0n) is 9.12. The van der Waals surface area contributed by atoms with E-state index in [1.54, 1.807) is 0 Å². The maximum Gasteiger partial charge on any atom is 0.150 e. The van der Waals surface area contributed by atoms with Crippen molar-refractivity contribution >= 4 is 6.29 Å². The van der Waals surface area contributed by atoms with E-state index in [0.717, 1.165) is 24.7 Å². The molecule has 1 aliphatic rings. The number of carbonyl (C=O) groups is 1. The fourth-order valence-electron chi connectivity index (χ4n) is 2.35. The predicted molar refractivity (Wildman–Crippen MR) is 62.2 cm³/mol. The summed E-state index contributed by atoms with van der Waals surface area (Å²) in [6, 6.07) is 6.02. The Balaban J connectivity index is 2.38. The third-order valence-corrected chi connectivity index (χ3v) is 3.35. The molecule has 0 amide bonds. The molecule has 2 rings (SSSR count). The van der Waals surface area contributed by atoms with E-state index < -0.39 is 0 Å². The molecule has 0 aliphatic heterocycles. The molecule has 0 aromatic heterocycles. The number of hydrogen-bond acceptors (Lipinski definition) is 1. The zero-order valence-corrected chi connectivity index (χ0v) is 9.12. The monoisotopic (exact) mass is 200 g/mol. The number of rotatable bonds is 2. The van der Waals surface area contributed by atoms with Gasteiger partial charge in [0.15, 0.2) is 0 Å². The van der Waals surface area contributed by atoms with Gasteiger partial charge in [0.2, 0.25) is 0 Å². The molecular weight excluding hydrogens is 184 g/mol. The first-order chi connectivity index (χ1) is 7.22. The fourth-order valence-corrected chi connectivity index (χ4v) is 2.35. The second kappa shape index (κ2) is 4.01. The highest BCUT2D eigenvalue weighted by Crippen LogP contribution is 2.30. The van der Waals surface area contributed by atoms with Gasteiger partial charge in [0, 0.05) is 5.56 Å². The Morgan fingerprint density at radius 1 is 1.53 bits per heavy atom. The largest absolute Gasteiger partial charge is 0.298 e. The lowest BCUT2D eigenvalue weighted by Gasteiger charge is -2.25. The Hall–Kier alpha value is -1.37. The molecule has 0 N–H and O–H groups in total. The van der Waals surface area contributed by atoms with Crippen molar-refractivity contribution in [1.82, 2.24) is 0 Å². The van der Waals surface area contributed by atoms with Crippen molar-refractivity contribution in [2.24, 2.45) is 5.92 Å². The maximum atomic E-state index is 10.9. The van der Waals surface area contributed by atoms with Crippen LogP contribution in [-0.2, 0) is 12.8 Å². The Bertz CT molecular complexity index is 404. The zero-order chi connectivity index (χ0) is 10.8. The maximum absolute atomic E-state index is 10.9. The summed E-state index contributed by atoms with van der Waals surface area (Å²) in [6.45, 7) is 6.10. The number of hydrogen-bond donors (Lipinski definition) is 0. The van der Waals surface area contributed by atoms with Gasteiger partial charge in [-0.2, -0.15) is 0 Å². The number of aryl methyl sites for hydroxylation is 1. The molecule has 1 heteroatoms. The minimum atomic E-state index is 0.554. The number of allylic oxidation sites excluding steroid dienone is 1. The first-order valence-corrected chi connectivity index (χ1v) is 5.43. The van der Waals surface area contributed by atoms with Crippen LogP contribution in [0.3, 0.4) is 0 Å². The van der Waals surface area contributed by atoms with Crippen LogP contribution in [0.2, 0.25) is 0 Å². The number of carbonyl (C=O) groups excluding carboxylic acids is 1. The van der Waals surface area contributed by atoms with E-state index in [1.807, 2.05) is 12.1 Å². The van der Waals surface area contributed by atoms with Gasteiger partial charge in [-0.3, -0.25) is 4.79 Å². The summed E-state index contributed by atoms with van der Waals surface area (Å²) in [5.41, 5.74) is 4.68. The summed E-state index contributed by atoms with van der Waals surface area (Å²) >= 11 is 0. The lowest BCUT2D eigenvalue weighted by Crippen LogP contribution is -2.16. The first kappa shape index (κ1) is 10.2. The smallest absolute Gasteiger partial charge is 0.150 e. The minimum Gasteiger partial charge on any atom is -0.298 e. The van der Waals surface area contributed by atoms with Crippen molar-refractivity contribution < 1.29 is 4.79 Å². The standard InChI is InChI=1S/C14H16O/c1-10(2)12-7-6-11-4-3-5-13(9-15)14(11)8-12/h3-5,9,12H,1,6-8H2,2H3/t12-/m1/s1. The van der Waals surface area contributed by atoms with Crippen molar-refractivity contribution in [3.05, 3.63) is 47.0 Å². The highest BCUT2D eigenvalue weighted by Gasteiger charge is 2.20. The molecule has 0 bridgehead atoms. The highest BCUT2D eigenvalue weighted by atomic mass is 16.1. The van der Waals surface area contributed by atoms with Crippen LogP contribution < -0.4 is 0 Å². The molecular formula is C14H16O. The van der Waals surface area contributed by atoms with Crippen molar-refractivity contribution in [3.63, 3.8) is 0 Å². The molecule has 78 valence electrons. The molecule has 1 aliphatic carbocycles. The molecule has 1 aromatic rings. The number of fused-ring (bicyclic) bond motifs is 1. The predicted octanol–water partition coefficient (Wildman–Crippen LogP) is 3.18. The van der Waals surface area contributed by atoms with E-state index in [2.05, 4.69) is 19.6 Å². The third-order valence-electron chi connectivity index (χ3n) is 3.35. The van der Waals surface area contributed by atoms with E-state index >= 15 is 0 Å². The average molecular weight is 200 g/mol. The summed E-state index contributed by atoms with van der Waals surface area (Å²) < 4.78 is 0. The normalized spacial score (nSPS) is 19.4. The Morgan fingerprint density at radius 3 is 3.00 bits per heavy atom. The van der Waals surface area contributed by atoms with Gasteiger partial charge >= 0.3 is 0 Å². The van der Waals surface area contributed by atoms with Crippen LogP contribution in [0.5, 0.6) is 0 Å². The molecule has 15 heavy (non-hydrogen) atoms.